The number of nitrogens with zero attached hydrogens (tertiary/aromatic N) is 2. The number of aryl methyl sites for hydroxylation is 2. The molecule has 1 aromatic heterocycles. The van der Waals surface area contributed by atoms with Gasteiger partial charge in [-0.05, 0) is 25.0 Å². The van der Waals surface area contributed by atoms with Crippen molar-refractivity contribution in [2.24, 2.45) is 0 Å². The lowest BCUT2D eigenvalue weighted by Gasteiger charge is -2.31. The van der Waals surface area contributed by atoms with Crippen LogP contribution >= 0.6 is 0 Å². The summed E-state index contributed by atoms with van der Waals surface area (Å²) in [6, 6.07) is 10.6. The molecule has 0 aliphatic carbocycles. The molecule has 1 atom stereocenters. The number of pyridine rings is 1. The van der Waals surface area contributed by atoms with E-state index in [1.165, 1.54) is 4.90 Å². The number of aliphatic hydroxyl groups excluding tert-OH is 1. The van der Waals surface area contributed by atoms with Crippen LogP contribution in [-0.4, -0.2) is 35.0 Å². The van der Waals surface area contributed by atoms with Crippen LogP contribution < -0.4 is 9.88 Å². The Morgan fingerprint density at radius 3 is 2.64 bits per heavy atom. The van der Waals surface area contributed by atoms with Crippen molar-refractivity contribution in [3.63, 3.8) is 0 Å². The van der Waals surface area contributed by atoms with Crippen molar-refractivity contribution in [1.29, 1.82) is 0 Å². The van der Waals surface area contributed by atoms with Gasteiger partial charge in [0.1, 0.15) is 0 Å². The normalized spacial score (nSPS) is 16.5. The van der Waals surface area contributed by atoms with Crippen molar-refractivity contribution in [2.75, 3.05) is 18.5 Å². The maximum Gasteiger partial charge on any atom is 0.289 e. The lowest BCUT2D eigenvalue weighted by Crippen LogP contribution is -2.58. The number of aromatic nitrogens is 1. The summed E-state index contributed by atoms with van der Waals surface area (Å²) in [6.45, 7) is 3.97. The Hall–Kier alpha value is -2.73. The molecule has 0 spiro atoms. The molecule has 1 aliphatic heterocycles. The van der Waals surface area contributed by atoms with Crippen LogP contribution in [0.25, 0.3) is 0 Å². The zero-order valence-corrected chi connectivity index (χ0v) is 14.4. The molecule has 6 nitrogen and oxygen atoms in total. The maximum atomic E-state index is 13.1. The lowest BCUT2D eigenvalue weighted by atomic mass is 10.0. The molecule has 2 heterocycles. The first-order valence-electron chi connectivity index (χ1n) is 8.28. The van der Waals surface area contributed by atoms with Crippen molar-refractivity contribution in [3.05, 3.63) is 59.4 Å². The quantitative estimate of drug-likeness (QED) is 0.819. The SMILES string of the molecule is Cc1cccc(C)c1NC(=O)C1c2cccc[n+]2CC(=O)N1CCO. The summed E-state index contributed by atoms with van der Waals surface area (Å²) in [6.07, 6.45) is 1.79. The van der Waals surface area contributed by atoms with E-state index in [2.05, 4.69) is 5.32 Å². The number of aliphatic hydroxyl groups is 1. The molecule has 6 heteroatoms. The van der Waals surface area contributed by atoms with Gasteiger partial charge in [-0.1, -0.05) is 24.3 Å². The molecule has 1 unspecified atom stereocenters. The zero-order valence-electron chi connectivity index (χ0n) is 14.4. The van der Waals surface area contributed by atoms with Crippen molar-refractivity contribution < 1.29 is 19.3 Å². The predicted octanol–water partition coefficient (Wildman–Crippen LogP) is 1.11. The highest BCUT2D eigenvalue weighted by Crippen LogP contribution is 2.26. The number of nitrogens with one attached hydrogen (secondary N) is 1. The van der Waals surface area contributed by atoms with Crippen LogP contribution in [0.3, 0.4) is 0 Å². The maximum absolute atomic E-state index is 13.1. The zero-order chi connectivity index (χ0) is 18.0. The number of β-amino-alcohol motifs (C(OH)–C–C–N with tert-alkyl or cyclic N) is 1. The fourth-order valence-corrected chi connectivity index (χ4v) is 3.26. The Kier molecular flexibility index (Phi) is 4.81. The number of rotatable bonds is 4. The third-order valence-electron chi connectivity index (χ3n) is 4.51. The summed E-state index contributed by atoms with van der Waals surface area (Å²) >= 11 is 0. The van der Waals surface area contributed by atoms with Crippen molar-refractivity contribution >= 4 is 17.5 Å². The van der Waals surface area contributed by atoms with E-state index in [9.17, 15) is 14.7 Å². The molecule has 3 rings (SSSR count). The van der Waals surface area contributed by atoms with E-state index in [1.807, 2.05) is 50.2 Å². The Labute approximate surface area is 146 Å². The van der Waals surface area contributed by atoms with Crippen LogP contribution in [0, 0.1) is 13.8 Å². The number of hydrogen-bond donors (Lipinski definition) is 2. The molecule has 0 bridgehead atoms. The predicted molar refractivity (Wildman–Crippen MR) is 92.7 cm³/mol. The molecule has 0 saturated carbocycles. The molecule has 0 fully saturated rings. The number of hydrogen-bond acceptors (Lipinski definition) is 3. The van der Waals surface area contributed by atoms with Crippen LogP contribution in [0.2, 0.25) is 0 Å². The number of anilines is 1. The van der Waals surface area contributed by atoms with Crippen molar-refractivity contribution in [1.82, 2.24) is 4.90 Å². The molecule has 0 saturated heterocycles. The van der Waals surface area contributed by atoms with Gasteiger partial charge in [0, 0.05) is 24.4 Å². The Morgan fingerprint density at radius 1 is 1.24 bits per heavy atom. The number of fused-ring (bicyclic) bond motifs is 1. The first-order chi connectivity index (χ1) is 12.0. The van der Waals surface area contributed by atoms with Crippen LogP contribution in [-0.2, 0) is 16.1 Å². The molecule has 2 aromatic rings. The van der Waals surface area contributed by atoms with E-state index in [0.717, 1.165) is 22.5 Å². The van der Waals surface area contributed by atoms with Gasteiger partial charge in [-0.25, -0.2) is 0 Å². The van der Waals surface area contributed by atoms with E-state index in [4.69, 9.17) is 0 Å². The third-order valence-corrected chi connectivity index (χ3v) is 4.51. The topological polar surface area (TPSA) is 73.5 Å². The van der Waals surface area contributed by atoms with E-state index < -0.39 is 6.04 Å². The molecule has 130 valence electrons. The number of para-hydroxylation sites is 1. The van der Waals surface area contributed by atoms with Gasteiger partial charge in [0.15, 0.2) is 12.2 Å². The van der Waals surface area contributed by atoms with E-state index in [0.29, 0.717) is 0 Å². The van der Waals surface area contributed by atoms with E-state index in [-0.39, 0.29) is 31.5 Å². The minimum Gasteiger partial charge on any atom is -0.395 e. The van der Waals surface area contributed by atoms with Crippen LogP contribution in [0.1, 0.15) is 22.9 Å². The fourth-order valence-electron chi connectivity index (χ4n) is 3.26. The Balaban J connectivity index is 1.99. The summed E-state index contributed by atoms with van der Waals surface area (Å²) in [5.41, 5.74) is 3.42. The standard InChI is InChI=1S/C19H21N3O3/c1-13-6-5-7-14(2)17(13)20-19(25)18-15-8-3-4-9-21(15)12-16(24)22(18)10-11-23/h3-9,18,23H,10-12H2,1-2H3/p+1. The summed E-state index contributed by atoms with van der Waals surface area (Å²) in [5.74, 6) is -0.460. The van der Waals surface area contributed by atoms with E-state index >= 15 is 0 Å². The second-order valence-corrected chi connectivity index (χ2v) is 6.22. The Morgan fingerprint density at radius 2 is 1.96 bits per heavy atom. The number of benzene rings is 1. The van der Waals surface area contributed by atoms with Gasteiger partial charge in [0.05, 0.1) is 6.61 Å². The summed E-state index contributed by atoms with van der Waals surface area (Å²) in [5, 5.41) is 12.3. The van der Waals surface area contributed by atoms with Gasteiger partial charge in [-0.15, -0.1) is 0 Å². The molecule has 2 N–H and O–H groups in total. The number of amides is 2. The van der Waals surface area contributed by atoms with Crippen LogP contribution in [0.5, 0.6) is 0 Å². The second-order valence-electron chi connectivity index (χ2n) is 6.22. The van der Waals surface area contributed by atoms with Gasteiger partial charge >= 0.3 is 0 Å². The number of carbonyl (C=O) groups excluding carboxylic acids is 2. The van der Waals surface area contributed by atoms with Crippen molar-refractivity contribution in [2.45, 2.75) is 26.4 Å². The molecular formula is C19H22N3O3+. The van der Waals surface area contributed by atoms with E-state index in [1.54, 1.807) is 10.8 Å². The molecule has 25 heavy (non-hydrogen) atoms. The third kappa shape index (κ3) is 3.25. The minimum absolute atomic E-state index is 0.124. The largest absolute Gasteiger partial charge is 0.395 e. The minimum atomic E-state index is -0.770. The molecule has 1 aliphatic rings. The smallest absolute Gasteiger partial charge is 0.289 e. The highest BCUT2D eigenvalue weighted by atomic mass is 16.3. The fraction of sp³-hybridized carbons (Fsp3) is 0.316. The highest BCUT2D eigenvalue weighted by Gasteiger charge is 2.42. The van der Waals surface area contributed by atoms with Crippen LogP contribution in [0.4, 0.5) is 5.69 Å². The molecule has 1 aromatic carbocycles. The first-order valence-corrected chi connectivity index (χ1v) is 8.28. The average Bonchev–Trinajstić information content (AvgIpc) is 2.59. The molecule has 2 amide bonds. The Bertz CT molecular complexity index is 799. The van der Waals surface area contributed by atoms with Gasteiger partial charge in [-0.2, -0.15) is 4.57 Å². The summed E-state index contributed by atoms with van der Waals surface area (Å²) in [4.78, 5) is 27.0. The molecule has 0 radical (unpaired) electrons. The van der Waals surface area contributed by atoms with Crippen molar-refractivity contribution in [3.8, 4) is 0 Å². The monoisotopic (exact) mass is 340 g/mol. The van der Waals surface area contributed by atoms with Crippen LogP contribution in [0.15, 0.2) is 42.6 Å². The summed E-state index contributed by atoms with van der Waals surface area (Å²) in [7, 11) is 0. The van der Waals surface area contributed by atoms with Gasteiger partial charge < -0.3 is 15.3 Å². The average molecular weight is 340 g/mol. The molecular weight excluding hydrogens is 318 g/mol. The highest BCUT2D eigenvalue weighted by molar-refractivity contribution is 5.98. The first kappa shape index (κ1) is 17.1. The number of carbonyl (C=O) groups is 2. The van der Waals surface area contributed by atoms with Gasteiger partial charge in [0.25, 0.3) is 11.8 Å². The summed E-state index contributed by atoms with van der Waals surface area (Å²) < 4.78 is 1.78. The second kappa shape index (κ2) is 7.03. The van der Waals surface area contributed by atoms with Gasteiger partial charge in [-0.3, -0.25) is 9.59 Å². The van der Waals surface area contributed by atoms with Gasteiger partial charge in [0.2, 0.25) is 12.2 Å². The lowest BCUT2D eigenvalue weighted by molar-refractivity contribution is -0.698.